The van der Waals surface area contributed by atoms with Crippen LogP contribution in [0.1, 0.15) is 18.7 Å². The van der Waals surface area contributed by atoms with Crippen LogP contribution in [0.5, 0.6) is 0 Å². The van der Waals surface area contributed by atoms with E-state index < -0.39 is 10.0 Å². The third-order valence-electron chi connectivity index (χ3n) is 2.24. The fourth-order valence-corrected chi connectivity index (χ4v) is 1.90. The Hall–Kier alpha value is -0.920. The fourth-order valence-electron chi connectivity index (χ4n) is 1.37. The third-order valence-corrected chi connectivity index (χ3v) is 3.02. The lowest BCUT2D eigenvalue weighted by Gasteiger charge is -2.03. The van der Waals surface area contributed by atoms with E-state index in [4.69, 9.17) is 9.88 Å². The smallest absolute Gasteiger partial charge is 0.257 e. The number of ether oxygens (including phenoxy) is 1. The van der Waals surface area contributed by atoms with Gasteiger partial charge in [-0.05, 0) is 19.8 Å². The minimum Gasteiger partial charge on any atom is -0.385 e. The summed E-state index contributed by atoms with van der Waals surface area (Å²) in [5, 5.41) is 4.92. The predicted octanol–water partition coefficient (Wildman–Crippen LogP) is 0.266. The van der Waals surface area contributed by atoms with E-state index in [1.54, 1.807) is 18.6 Å². The van der Waals surface area contributed by atoms with E-state index in [1.807, 2.05) is 0 Å². The van der Waals surface area contributed by atoms with Gasteiger partial charge in [0.05, 0.1) is 0 Å². The first-order valence-electron chi connectivity index (χ1n) is 5.00. The zero-order valence-corrected chi connectivity index (χ0v) is 10.3. The van der Waals surface area contributed by atoms with Gasteiger partial charge in [-0.3, -0.25) is 0 Å². The first-order valence-corrected chi connectivity index (χ1v) is 6.55. The van der Waals surface area contributed by atoms with Crippen molar-refractivity contribution in [1.82, 2.24) is 9.55 Å². The Morgan fingerprint density at radius 1 is 1.50 bits per heavy atom. The van der Waals surface area contributed by atoms with E-state index >= 15 is 0 Å². The number of methoxy groups -OCH3 is 1. The van der Waals surface area contributed by atoms with E-state index in [1.165, 1.54) is 6.20 Å². The zero-order chi connectivity index (χ0) is 12.2. The molecule has 2 N–H and O–H groups in total. The van der Waals surface area contributed by atoms with Crippen molar-refractivity contribution in [2.75, 3.05) is 13.7 Å². The van der Waals surface area contributed by atoms with Gasteiger partial charge in [-0.15, -0.1) is 0 Å². The van der Waals surface area contributed by atoms with Crippen LogP contribution in [0.4, 0.5) is 0 Å². The molecule has 0 unspecified atom stereocenters. The second-order valence-corrected chi connectivity index (χ2v) is 5.07. The molecule has 0 aliphatic carbocycles. The highest BCUT2D eigenvalue weighted by molar-refractivity contribution is 7.89. The van der Waals surface area contributed by atoms with Gasteiger partial charge in [0.15, 0.2) is 5.03 Å². The summed E-state index contributed by atoms with van der Waals surface area (Å²) in [7, 11) is -2.04. The van der Waals surface area contributed by atoms with Crippen molar-refractivity contribution in [3.05, 3.63) is 12.0 Å². The van der Waals surface area contributed by atoms with Crippen molar-refractivity contribution in [1.29, 1.82) is 0 Å². The molecule has 1 aromatic heterocycles. The number of rotatable bonds is 6. The van der Waals surface area contributed by atoms with Crippen LogP contribution >= 0.6 is 0 Å². The number of primary sulfonamides is 1. The molecular formula is C9H17N3O3S. The minimum absolute atomic E-state index is 0.0725. The van der Waals surface area contributed by atoms with Crippen molar-refractivity contribution in [3.63, 3.8) is 0 Å². The molecule has 0 amide bonds. The molecule has 1 aromatic rings. The SMILES string of the molecule is COCCCCn1cc(S(N)(=O)=O)nc1C. The van der Waals surface area contributed by atoms with Gasteiger partial charge in [0, 0.05) is 26.5 Å². The highest BCUT2D eigenvalue weighted by atomic mass is 32.2. The first-order chi connectivity index (χ1) is 7.45. The molecule has 0 saturated carbocycles. The number of sulfonamides is 1. The molecule has 0 aliphatic heterocycles. The summed E-state index contributed by atoms with van der Waals surface area (Å²) in [6.07, 6.45) is 3.31. The van der Waals surface area contributed by atoms with Gasteiger partial charge < -0.3 is 9.30 Å². The van der Waals surface area contributed by atoms with Crippen LogP contribution in [0, 0.1) is 6.92 Å². The van der Waals surface area contributed by atoms with Crippen LogP contribution in [0.25, 0.3) is 0 Å². The van der Waals surface area contributed by atoms with E-state index in [9.17, 15) is 8.42 Å². The molecular weight excluding hydrogens is 230 g/mol. The molecule has 16 heavy (non-hydrogen) atoms. The summed E-state index contributed by atoms with van der Waals surface area (Å²) in [5.74, 6) is 0.654. The molecule has 0 fully saturated rings. The average Bonchev–Trinajstić information content (AvgIpc) is 2.55. The van der Waals surface area contributed by atoms with Crippen LogP contribution in [0.3, 0.4) is 0 Å². The van der Waals surface area contributed by atoms with E-state index in [0.717, 1.165) is 19.4 Å². The number of aromatic nitrogens is 2. The minimum atomic E-state index is -3.70. The Kier molecular flexibility index (Phi) is 4.45. The van der Waals surface area contributed by atoms with Crippen molar-refractivity contribution < 1.29 is 13.2 Å². The van der Waals surface area contributed by atoms with Gasteiger partial charge in [0.1, 0.15) is 5.82 Å². The highest BCUT2D eigenvalue weighted by Crippen LogP contribution is 2.08. The molecule has 0 bridgehead atoms. The number of imidazole rings is 1. The van der Waals surface area contributed by atoms with Gasteiger partial charge in [-0.1, -0.05) is 0 Å². The van der Waals surface area contributed by atoms with Crippen molar-refractivity contribution >= 4 is 10.0 Å². The molecule has 0 saturated heterocycles. The summed E-state index contributed by atoms with van der Waals surface area (Å²) in [6, 6.07) is 0. The number of nitrogens with two attached hydrogens (primary N) is 1. The summed E-state index contributed by atoms with van der Waals surface area (Å²) in [4.78, 5) is 3.90. The number of nitrogens with zero attached hydrogens (tertiary/aromatic N) is 2. The largest absolute Gasteiger partial charge is 0.385 e. The molecule has 6 nitrogen and oxygen atoms in total. The van der Waals surface area contributed by atoms with Crippen LogP contribution in [-0.4, -0.2) is 31.7 Å². The maximum absolute atomic E-state index is 11.1. The molecule has 0 radical (unpaired) electrons. The fraction of sp³-hybridized carbons (Fsp3) is 0.667. The maximum Gasteiger partial charge on any atom is 0.257 e. The zero-order valence-electron chi connectivity index (χ0n) is 9.51. The van der Waals surface area contributed by atoms with E-state index in [-0.39, 0.29) is 5.03 Å². The Bertz CT molecular complexity index is 439. The first kappa shape index (κ1) is 13.1. The number of aryl methyl sites for hydroxylation is 2. The molecule has 92 valence electrons. The summed E-state index contributed by atoms with van der Waals surface area (Å²) in [6.45, 7) is 3.18. The molecule has 7 heteroatoms. The molecule has 0 aliphatic rings. The van der Waals surface area contributed by atoms with E-state index in [2.05, 4.69) is 4.98 Å². The average molecular weight is 247 g/mol. The quantitative estimate of drug-likeness (QED) is 0.731. The van der Waals surface area contributed by atoms with Gasteiger partial charge in [0.2, 0.25) is 0 Å². The molecule has 0 atom stereocenters. The lowest BCUT2D eigenvalue weighted by molar-refractivity contribution is 0.191. The Morgan fingerprint density at radius 3 is 2.69 bits per heavy atom. The predicted molar refractivity (Wildman–Crippen MR) is 59.4 cm³/mol. The van der Waals surface area contributed by atoms with Crippen LogP contribution in [0.2, 0.25) is 0 Å². The second-order valence-electron chi connectivity index (χ2n) is 3.56. The number of hydrogen-bond acceptors (Lipinski definition) is 4. The maximum atomic E-state index is 11.1. The van der Waals surface area contributed by atoms with Gasteiger partial charge >= 0.3 is 0 Å². The summed E-state index contributed by atoms with van der Waals surface area (Å²) < 4.78 is 28.8. The Balaban J connectivity index is 2.64. The highest BCUT2D eigenvalue weighted by Gasteiger charge is 2.13. The summed E-state index contributed by atoms with van der Waals surface area (Å²) >= 11 is 0. The van der Waals surface area contributed by atoms with E-state index in [0.29, 0.717) is 12.4 Å². The van der Waals surface area contributed by atoms with Crippen molar-refractivity contribution in [3.8, 4) is 0 Å². The molecule has 1 rings (SSSR count). The summed E-state index contributed by atoms with van der Waals surface area (Å²) in [5.41, 5.74) is 0. The molecule has 0 aromatic carbocycles. The van der Waals surface area contributed by atoms with Gasteiger partial charge in [-0.25, -0.2) is 18.5 Å². The van der Waals surface area contributed by atoms with Gasteiger partial charge in [0.25, 0.3) is 10.0 Å². The molecule has 1 heterocycles. The number of hydrogen-bond donors (Lipinski definition) is 1. The number of unbranched alkanes of at least 4 members (excludes halogenated alkanes) is 1. The normalized spacial score (nSPS) is 11.9. The van der Waals surface area contributed by atoms with Crippen LogP contribution < -0.4 is 5.14 Å². The Labute approximate surface area is 95.5 Å². The van der Waals surface area contributed by atoms with Crippen LogP contribution in [0.15, 0.2) is 11.2 Å². The Morgan fingerprint density at radius 2 is 2.19 bits per heavy atom. The van der Waals surface area contributed by atoms with Crippen molar-refractivity contribution in [2.24, 2.45) is 5.14 Å². The lowest BCUT2D eigenvalue weighted by Crippen LogP contribution is -2.12. The standard InChI is InChI=1S/C9H17N3O3S/c1-8-11-9(16(10,13)14)7-12(8)5-3-4-6-15-2/h7H,3-6H2,1-2H3,(H2,10,13,14). The monoisotopic (exact) mass is 247 g/mol. The third kappa shape index (κ3) is 3.58. The van der Waals surface area contributed by atoms with Gasteiger partial charge in [-0.2, -0.15) is 0 Å². The second kappa shape index (κ2) is 5.42. The lowest BCUT2D eigenvalue weighted by atomic mass is 10.3. The van der Waals surface area contributed by atoms with Crippen molar-refractivity contribution in [2.45, 2.75) is 31.3 Å². The topological polar surface area (TPSA) is 87.2 Å². The molecule has 0 spiro atoms. The van der Waals surface area contributed by atoms with Crippen LogP contribution in [-0.2, 0) is 21.3 Å².